The lowest BCUT2D eigenvalue weighted by molar-refractivity contribution is -0.141. The maximum Gasteiger partial charge on any atom is 0.322 e. The van der Waals surface area contributed by atoms with E-state index in [9.17, 15) is 18.3 Å². The van der Waals surface area contributed by atoms with Gasteiger partial charge < -0.3 is 5.11 Å². The van der Waals surface area contributed by atoms with Crippen molar-refractivity contribution in [2.75, 3.05) is 6.54 Å². The minimum atomic E-state index is -3.91. The number of fused-ring (bicyclic) bond motifs is 1. The third-order valence-corrected chi connectivity index (χ3v) is 6.20. The van der Waals surface area contributed by atoms with Crippen LogP contribution in [0.4, 0.5) is 0 Å². The molecule has 0 amide bonds. The number of sulfonamides is 1. The molecule has 0 saturated carbocycles. The molecule has 0 radical (unpaired) electrons. The average Bonchev–Trinajstić information content (AvgIpc) is 3.00. The van der Waals surface area contributed by atoms with Crippen molar-refractivity contribution >= 4 is 27.0 Å². The normalized spacial score (nSPS) is 22.7. The van der Waals surface area contributed by atoms with Gasteiger partial charge in [0.1, 0.15) is 10.9 Å². The van der Waals surface area contributed by atoms with Gasteiger partial charge in [-0.3, -0.25) is 9.48 Å². The van der Waals surface area contributed by atoms with Crippen molar-refractivity contribution in [2.45, 2.75) is 31.2 Å². The second-order valence-corrected chi connectivity index (χ2v) is 7.81. The topological polar surface area (TPSA) is 105 Å². The number of aromatic nitrogens is 3. The summed E-state index contributed by atoms with van der Waals surface area (Å²) in [6, 6.07) is 0.479. The molecule has 1 aliphatic heterocycles. The Bertz CT molecular complexity index is 890. The highest BCUT2D eigenvalue weighted by Crippen LogP contribution is 2.31. The Balaban J connectivity index is 2.09. The summed E-state index contributed by atoms with van der Waals surface area (Å²) in [4.78, 5) is 15.6. The number of hydrogen-bond donors (Lipinski definition) is 1. The van der Waals surface area contributed by atoms with Gasteiger partial charge in [-0.15, -0.1) is 0 Å². The van der Waals surface area contributed by atoms with Gasteiger partial charge in [0.15, 0.2) is 5.65 Å². The molecule has 2 aromatic rings. The molecule has 124 valence electrons. The summed E-state index contributed by atoms with van der Waals surface area (Å²) in [5.74, 6) is -1.34. The van der Waals surface area contributed by atoms with Gasteiger partial charge in [0.05, 0.1) is 5.69 Å². The van der Waals surface area contributed by atoms with Gasteiger partial charge in [0, 0.05) is 25.2 Å². The van der Waals surface area contributed by atoms with Crippen LogP contribution >= 0.6 is 0 Å². The highest BCUT2D eigenvalue weighted by molar-refractivity contribution is 7.89. The highest BCUT2D eigenvalue weighted by Gasteiger charge is 2.44. The molecular formula is C14H18N4O4S. The Hall–Kier alpha value is -2.00. The van der Waals surface area contributed by atoms with Crippen LogP contribution in [0.5, 0.6) is 0 Å². The molecule has 1 aliphatic rings. The largest absolute Gasteiger partial charge is 0.480 e. The first-order valence-corrected chi connectivity index (χ1v) is 8.71. The van der Waals surface area contributed by atoms with E-state index in [4.69, 9.17) is 0 Å². The van der Waals surface area contributed by atoms with Gasteiger partial charge in [0.25, 0.3) is 0 Å². The molecule has 0 aliphatic carbocycles. The van der Waals surface area contributed by atoms with Crippen LogP contribution in [0.2, 0.25) is 0 Å². The molecular weight excluding hydrogens is 320 g/mol. The Morgan fingerprint density at radius 3 is 2.78 bits per heavy atom. The van der Waals surface area contributed by atoms with Gasteiger partial charge in [-0.25, -0.2) is 13.4 Å². The van der Waals surface area contributed by atoms with Crippen molar-refractivity contribution in [3.8, 4) is 0 Å². The minimum Gasteiger partial charge on any atom is -0.480 e. The maximum absolute atomic E-state index is 12.9. The molecule has 2 atom stereocenters. The number of carboxylic acids is 1. The number of carbonyl (C=O) groups is 1. The van der Waals surface area contributed by atoms with Gasteiger partial charge in [0.2, 0.25) is 10.0 Å². The standard InChI is InChI=1S/C14H18N4O4S/c1-8-4-5-18(12(8)14(19)20)23(21,22)10-6-11-9(2)16-17(3)13(11)15-7-10/h6-8,12H,4-5H2,1-3H3,(H,19,20). The number of hydrogen-bond acceptors (Lipinski definition) is 5. The zero-order valence-corrected chi connectivity index (χ0v) is 13.9. The lowest BCUT2D eigenvalue weighted by Gasteiger charge is -2.22. The molecule has 0 aromatic carbocycles. The average molecular weight is 338 g/mol. The fraction of sp³-hybridized carbons (Fsp3) is 0.500. The maximum atomic E-state index is 12.9. The lowest BCUT2D eigenvalue weighted by atomic mass is 10.0. The third-order valence-electron chi connectivity index (χ3n) is 4.35. The number of carboxylic acid groups (broad SMARTS) is 1. The third kappa shape index (κ3) is 2.40. The SMILES string of the molecule is Cc1nn(C)c2ncc(S(=O)(=O)N3CCC(C)C3C(=O)O)cc12. The first-order valence-electron chi connectivity index (χ1n) is 7.27. The van der Waals surface area contributed by atoms with Gasteiger partial charge >= 0.3 is 5.97 Å². The highest BCUT2D eigenvalue weighted by atomic mass is 32.2. The molecule has 1 N–H and O–H groups in total. The molecule has 0 spiro atoms. The summed E-state index contributed by atoms with van der Waals surface area (Å²) in [6.45, 7) is 3.73. The summed E-state index contributed by atoms with van der Waals surface area (Å²) >= 11 is 0. The number of aryl methyl sites for hydroxylation is 2. The summed E-state index contributed by atoms with van der Waals surface area (Å²) in [5.41, 5.74) is 1.27. The van der Waals surface area contributed by atoms with Crippen molar-refractivity contribution in [1.82, 2.24) is 19.1 Å². The van der Waals surface area contributed by atoms with Crippen LogP contribution in [0.1, 0.15) is 19.0 Å². The summed E-state index contributed by atoms with van der Waals surface area (Å²) in [7, 11) is -2.18. The van der Waals surface area contributed by atoms with Crippen LogP contribution in [0.15, 0.2) is 17.2 Å². The predicted octanol–water partition coefficient (Wildman–Crippen LogP) is 0.760. The van der Waals surface area contributed by atoms with Gasteiger partial charge in [-0.1, -0.05) is 6.92 Å². The molecule has 9 heteroatoms. The van der Waals surface area contributed by atoms with E-state index in [1.165, 1.54) is 12.3 Å². The Morgan fingerprint density at radius 1 is 1.43 bits per heavy atom. The zero-order chi connectivity index (χ0) is 16.9. The lowest BCUT2D eigenvalue weighted by Crippen LogP contribution is -2.42. The van der Waals surface area contributed by atoms with Crippen LogP contribution in [-0.2, 0) is 21.9 Å². The van der Waals surface area contributed by atoms with E-state index in [1.54, 1.807) is 25.6 Å². The van der Waals surface area contributed by atoms with Crippen molar-refractivity contribution in [3.05, 3.63) is 18.0 Å². The summed E-state index contributed by atoms with van der Waals surface area (Å²) in [5, 5.41) is 14.2. The fourth-order valence-corrected chi connectivity index (χ4v) is 4.78. The van der Waals surface area contributed by atoms with E-state index in [1.807, 2.05) is 0 Å². The Morgan fingerprint density at radius 2 is 2.13 bits per heavy atom. The molecule has 3 rings (SSSR count). The van der Waals surface area contributed by atoms with Crippen molar-refractivity contribution in [1.29, 1.82) is 0 Å². The van der Waals surface area contributed by atoms with Crippen molar-refractivity contribution < 1.29 is 18.3 Å². The van der Waals surface area contributed by atoms with E-state index in [-0.39, 0.29) is 17.4 Å². The van der Waals surface area contributed by atoms with Crippen LogP contribution in [0, 0.1) is 12.8 Å². The minimum absolute atomic E-state index is 0.00134. The van der Waals surface area contributed by atoms with Gasteiger partial charge in [-0.05, 0) is 25.3 Å². The molecule has 2 unspecified atom stereocenters. The van der Waals surface area contributed by atoms with E-state index in [0.29, 0.717) is 23.1 Å². The molecule has 3 heterocycles. The summed E-state index contributed by atoms with van der Waals surface area (Å²) < 4.78 is 28.4. The number of aliphatic carboxylic acids is 1. The molecule has 1 saturated heterocycles. The number of nitrogens with zero attached hydrogens (tertiary/aromatic N) is 4. The second-order valence-electron chi connectivity index (χ2n) is 5.92. The van der Waals surface area contributed by atoms with Crippen LogP contribution < -0.4 is 0 Å². The van der Waals surface area contributed by atoms with Crippen molar-refractivity contribution in [3.63, 3.8) is 0 Å². The van der Waals surface area contributed by atoms with Crippen LogP contribution in [0.25, 0.3) is 11.0 Å². The first kappa shape index (κ1) is 15.9. The fourth-order valence-electron chi connectivity index (χ4n) is 3.11. The number of rotatable bonds is 3. The van der Waals surface area contributed by atoms with E-state index in [0.717, 1.165) is 4.31 Å². The predicted molar refractivity (Wildman–Crippen MR) is 82.3 cm³/mol. The number of pyridine rings is 1. The van der Waals surface area contributed by atoms with E-state index in [2.05, 4.69) is 10.1 Å². The van der Waals surface area contributed by atoms with Gasteiger partial charge in [-0.2, -0.15) is 9.40 Å². The Kier molecular flexibility index (Phi) is 3.64. The zero-order valence-electron chi connectivity index (χ0n) is 13.1. The van der Waals surface area contributed by atoms with Crippen LogP contribution in [0.3, 0.4) is 0 Å². The van der Waals surface area contributed by atoms with E-state index >= 15 is 0 Å². The first-order chi connectivity index (χ1) is 10.7. The monoisotopic (exact) mass is 338 g/mol. The van der Waals surface area contributed by atoms with Crippen molar-refractivity contribution in [2.24, 2.45) is 13.0 Å². The van der Waals surface area contributed by atoms with E-state index < -0.39 is 22.0 Å². The molecule has 0 bridgehead atoms. The second kappa shape index (κ2) is 5.27. The smallest absolute Gasteiger partial charge is 0.322 e. The molecule has 1 fully saturated rings. The molecule has 23 heavy (non-hydrogen) atoms. The molecule has 2 aromatic heterocycles. The van der Waals surface area contributed by atoms with Crippen LogP contribution in [-0.4, -0.2) is 51.1 Å². The quantitative estimate of drug-likeness (QED) is 0.886. The Labute approximate surface area is 133 Å². The summed E-state index contributed by atoms with van der Waals surface area (Å²) in [6.07, 6.45) is 1.79. The molecule has 8 nitrogen and oxygen atoms in total.